The van der Waals surface area contributed by atoms with E-state index in [1.54, 1.807) is 0 Å². The summed E-state index contributed by atoms with van der Waals surface area (Å²) in [7, 11) is 0. The molecule has 1 aliphatic heterocycles. The minimum atomic E-state index is -0.259. The van der Waals surface area contributed by atoms with Crippen LogP contribution in [0.25, 0.3) is 0 Å². The van der Waals surface area contributed by atoms with Gasteiger partial charge in [0.1, 0.15) is 0 Å². The van der Waals surface area contributed by atoms with Gasteiger partial charge in [0, 0.05) is 6.54 Å². The molecule has 2 rings (SSSR count). The van der Waals surface area contributed by atoms with Crippen molar-refractivity contribution in [3.8, 4) is 0 Å². The number of aliphatic hydroxyl groups excluding tert-OH is 1. The Morgan fingerprint density at radius 1 is 1.40 bits per heavy atom. The van der Waals surface area contributed by atoms with E-state index in [1.807, 2.05) is 35.3 Å². The van der Waals surface area contributed by atoms with Crippen molar-refractivity contribution in [1.82, 2.24) is 5.43 Å². The number of amides is 1. The van der Waals surface area contributed by atoms with Gasteiger partial charge in [0.2, 0.25) is 5.91 Å². The zero-order valence-corrected chi connectivity index (χ0v) is 8.39. The van der Waals surface area contributed by atoms with Crippen LogP contribution in [0.15, 0.2) is 30.3 Å². The summed E-state index contributed by atoms with van der Waals surface area (Å²) in [5.74, 6) is -0.363. The van der Waals surface area contributed by atoms with Gasteiger partial charge in [-0.3, -0.25) is 15.2 Å². The highest BCUT2D eigenvalue weighted by Gasteiger charge is 2.25. The number of para-hydroxylation sites is 1. The van der Waals surface area contributed by atoms with Gasteiger partial charge in [-0.2, -0.15) is 0 Å². The van der Waals surface area contributed by atoms with Crippen LogP contribution in [0.5, 0.6) is 0 Å². The average Bonchev–Trinajstić information content (AvgIpc) is 2.30. The van der Waals surface area contributed by atoms with Gasteiger partial charge in [-0.25, -0.2) is 0 Å². The summed E-state index contributed by atoms with van der Waals surface area (Å²) < 4.78 is 0. The Bertz CT molecular complexity index is 340. The van der Waals surface area contributed by atoms with Crippen LogP contribution in [0, 0.1) is 5.92 Å². The van der Waals surface area contributed by atoms with Crippen molar-refractivity contribution < 1.29 is 9.90 Å². The van der Waals surface area contributed by atoms with E-state index in [2.05, 4.69) is 5.43 Å². The van der Waals surface area contributed by atoms with E-state index in [0.29, 0.717) is 6.42 Å². The van der Waals surface area contributed by atoms with Gasteiger partial charge in [0.15, 0.2) is 0 Å². The van der Waals surface area contributed by atoms with Gasteiger partial charge in [0.05, 0.1) is 18.2 Å². The van der Waals surface area contributed by atoms with Gasteiger partial charge in [-0.05, 0) is 18.6 Å². The van der Waals surface area contributed by atoms with Gasteiger partial charge in [-0.15, -0.1) is 0 Å². The third-order valence-corrected chi connectivity index (χ3v) is 2.61. The number of carbonyl (C=O) groups excluding carboxylic acids is 1. The lowest BCUT2D eigenvalue weighted by atomic mass is 10.0. The summed E-state index contributed by atoms with van der Waals surface area (Å²) >= 11 is 0. The number of hydrogen-bond acceptors (Lipinski definition) is 3. The van der Waals surface area contributed by atoms with E-state index in [9.17, 15) is 4.79 Å². The SMILES string of the molecule is O=C1NN(c2ccccc2)CCC1CO. The maximum Gasteiger partial charge on any atom is 0.243 e. The maximum absolute atomic E-state index is 11.5. The zero-order chi connectivity index (χ0) is 10.7. The van der Waals surface area contributed by atoms with Crippen LogP contribution in [-0.2, 0) is 4.79 Å². The topological polar surface area (TPSA) is 52.6 Å². The molecule has 1 aliphatic rings. The fourth-order valence-corrected chi connectivity index (χ4v) is 1.67. The average molecular weight is 206 g/mol. The van der Waals surface area contributed by atoms with Gasteiger partial charge in [0.25, 0.3) is 0 Å². The van der Waals surface area contributed by atoms with Crippen LogP contribution >= 0.6 is 0 Å². The quantitative estimate of drug-likeness (QED) is 0.742. The van der Waals surface area contributed by atoms with Crippen molar-refractivity contribution in [3.63, 3.8) is 0 Å². The monoisotopic (exact) mass is 206 g/mol. The number of nitrogens with zero attached hydrogens (tertiary/aromatic N) is 1. The lowest BCUT2D eigenvalue weighted by Gasteiger charge is -2.32. The van der Waals surface area contributed by atoms with Crippen molar-refractivity contribution in [2.24, 2.45) is 5.92 Å². The standard InChI is InChI=1S/C11H14N2O2/c14-8-9-6-7-13(12-11(9)15)10-4-2-1-3-5-10/h1-5,9,14H,6-8H2,(H,12,15). The third kappa shape index (κ3) is 2.10. The largest absolute Gasteiger partial charge is 0.396 e. The number of nitrogens with one attached hydrogen (secondary N) is 1. The predicted octanol–water partition coefficient (Wildman–Crippen LogP) is 0.536. The lowest BCUT2D eigenvalue weighted by Crippen LogP contribution is -2.52. The number of anilines is 1. The van der Waals surface area contributed by atoms with Crippen LogP contribution in [-0.4, -0.2) is 24.2 Å². The minimum absolute atomic E-state index is 0.0749. The molecule has 2 N–H and O–H groups in total. The molecule has 0 radical (unpaired) electrons. The highest BCUT2D eigenvalue weighted by Crippen LogP contribution is 2.17. The molecule has 1 aromatic carbocycles. The molecule has 0 spiro atoms. The number of aliphatic hydroxyl groups is 1. The molecule has 4 heteroatoms. The highest BCUT2D eigenvalue weighted by atomic mass is 16.3. The van der Waals surface area contributed by atoms with E-state index in [-0.39, 0.29) is 18.4 Å². The highest BCUT2D eigenvalue weighted by molar-refractivity contribution is 5.81. The number of hydrazine groups is 1. The van der Waals surface area contributed by atoms with Crippen LogP contribution in [0.4, 0.5) is 5.69 Å². The molecule has 4 nitrogen and oxygen atoms in total. The second kappa shape index (κ2) is 4.31. The van der Waals surface area contributed by atoms with Gasteiger partial charge in [-0.1, -0.05) is 18.2 Å². The molecule has 80 valence electrons. The Kier molecular flexibility index (Phi) is 2.87. The molecular weight excluding hydrogens is 192 g/mol. The molecule has 1 amide bonds. The van der Waals surface area contributed by atoms with Gasteiger partial charge < -0.3 is 5.11 Å². The Hall–Kier alpha value is -1.55. The van der Waals surface area contributed by atoms with Crippen LogP contribution < -0.4 is 10.4 Å². The second-order valence-corrected chi connectivity index (χ2v) is 3.63. The second-order valence-electron chi connectivity index (χ2n) is 3.63. The Balaban J connectivity index is 2.06. The fourth-order valence-electron chi connectivity index (χ4n) is 1.67. The van der Waals surface area contributed by atoms with Crippen molar-refractivity contribution >= 4 is 11.6 Å². The zero-order valence-electron chi connectivity index (χ0n) is 8.39. The van der Waals surface area contributed by atoms with Gasteiger partial charge >= 0.3 is 0 Å². The summed E-state index contributed by atoms with van der Waals surface area (Å²) in [5.41, 5.74) is 3.74. The van der Waals surface area contributed by atoms with Crippen LogP contribution in [0.2, 0.25) is 0 Å². The maximum atomic E-state index is 11.5. The van der Waals surface area contributed by atoms with Crippen molar-refractivity contribution in [3.05, 3.63) is 30.3 Å². The van der Waals surface area contributed by atoms with E-state index in [4.69, 9.17) is 5.11 Å². The Morgan fingerprint density at radius 2 is 2.13 bits per heavy atom. The molecule has 1 heterocycles. The molecule has 0 bridgehead atoms. The number of hydrogen-bond donors (Lipinski definition) is 2. The lowest BCUT2D eigenvalue weighted by molar-refractivity contribution is -0.127. The first kappa shape index (κ1) is 9.98. The summed E-state index contributed by atoms with van der Waals surface area (Å²) in [6.45, 7) is 0.662. The first-order chi connectivity index (χ1) is 7.31. The molecular formula is C11H14N2O2. The molecule has 0 aliphatic carbocycles. The number of carbonyl (C=O) groups is 1. The van der Waals surface area contributed by atoms with E-state index < -0.39 is 0 Å². The molecule has 1 fully saturated rings. The third-order valence-electron chi connectivity index (χ3n) is 2.61. The van der Waals surface area contributed by atoms with Crippen molar-refractivity contribution in [2.75, 3.05) is 18.2 Å². The van der Waals surface area contributed by atoms with E-state index in [1.165, 1.54) is 0 Å². The molecule has 0 saturated carbocycles. The first-order valence-corrected chi connectivity index (χ1v) is 5.05. The number of rotatable bonds is 2. The molecule has 1 atom stereocenters. The summed E-state index contributed by atoms with van der Waals surface area (Å²) in [6, 6.07) is 9.68. The van der Waals surface area contributed by atoms with Crippen LogP contribution in [0.1, 0.15) is 6.42 Å². The van der Waals surface area contributed by atoms with E-state index >= 15 is 0 Å². The van der Waals surface area contributed by atoms with Crippen molar-refractivity contribution in [1.29, 1.82) is 0 Å². The molecule has 1 aromatic rings. The Labute approximate surface area is 88.5 Å². The summed E-state index contributed by atoms with van der Waals surface area (Å²) in [5, 5.41) is 10.8. The molecule has 1 saturated heterocycles. The molecule has 15 heavy (non-hydrogen) atoms. The molecule has 1 unspecified atom stereocenters. The number of benzene rings is 1. The Morgan fingerprint density at radius 3 is 2.73 bits per heavy atom. The van der Waals surface area contributed by atoms with Crippen molar-refractivity contribution in [2.45, 2.75) is 6.42 Å². The minimum Gasteiger partial charge on any atom is -0.396 e. The first-order valence-electron chi connectivity index (χ1n) is 5.05. The smallest absolute Gasteiger partial charge is 0.243 e. The summed E-state index contributed by atoms with van der Waals surface area (Å²) in [6.07, 6.45) is 0.692. The van der Waals surface area contributed by atoms with Crippen LogP contribution in [0.3, 0.4) is 0 Å². The summed E-state index contributed by atoms with van der Waals surface area (Å²) in [4.78, 5) is 11.5. The normalized spacial score (nSPS) is 21.3. The molecule has 0 aromatic heterocycles. The fraction of sp³-hybridized carbons (Fsp3) is 0.364. The van der Waals surface area contributed by atoms with E-state index in [0.717, 1.165) is 12.2 Å². The predicted molar refractivity (Wildman–Crippen MR) is 57.1 cm³/mol.